The van der Waals surface area contributed by atoms with Gasteiger partial charge in [0.05, 0.1) is 6.54 Å². The van der Waals surface area contributed by atoms with E-state index < -0.39 is 0 Å². The van der Waals surface area contributed by atoms with Gasteiger partial charge in [0, 0.05) is 33.5 Å². The van der Waals surface area contributed by atoms with Crippen LogP contribution >= 0.6 is 0 Å². The van der Waals surface area contributed by atoms with Crippen molar-refractivity contribution < 1.29 is 4.74 Å². The molecule has 1 fully saturated rings. The van der Waals surface area contributed by atoms with Crippen molar-refractivity contribution in [2.45, 2.75) is 32.2 Å². The number of nitrogens with one attached hydrogen (secondary N) is 2. The molecule has 0 saturated heterocycles. The fourth-order valence-electron chi connectivity index (χ4n) is 3.18. The first-order chi connectivity index (χ1) is 11.8. The molecule has 0 amide bonds. The van der Waals surface area contributed by atoms with Crippen molar-refractivity contribution in [3.8, 4) is 0 Å². The van der Waals surface area contributed by atoms with Crippen LogP contribution in [0.5, 0.6) is 0 Å². The highest BCUT2D eigenvalue weighted by Crippen LogP contribution is 2.43. The number of hydrogen-bond donors (Lipinski definition) is 2. The summed E-state index contributed by atoms with van der Waals surface area (Å²) in [6.07, 6.45) is 6.90. The molecule has 2 N–H and O–H groups in total. The Morgan fingerprint density at radius 3 is 2.92 bits per heavy atom. The maximum atomic E-state index is 5.25. The highest BCUT2D eigenvalue weighted by atomic mass is 16.5. The second kappa shape index (κ2) is 7.61. The molecule has 1 saturated carbocycles. The maximum Gasteiger partial charge on any atom is 0.191 e. The highest BCUT2D eigenvalue weighted by Gasteiger charge is 2.36. The van der Waals surface area contributed by atoms with Crippen LogP contribution in [0.15, 0.2) is 29.4 Å². The largest absolute Gasteiger partial charge is 0.385 e. The van der Waals surface area contributed by atoms with Crippen LogP contribution in [-0.2, 0) is 11.3 Å². The van der Waals surface area contributed by atoms with Gasteiger partial charge < -0.3 is 15.4 Å². The van der Waals surface area contributed by atoms with Crippen molar-refractivity contribution in [3.05, 3.63) is 30.2 Å². The van der Waals surface area contributed by atoms with Crippen LogP contribution in [0.25, 0.3) is 5.65 Å². The Morgan fingerprint density at radius 1 is 1.33 bits per heavy atom. The molecule has 1 aliphatic rings. The molecule has 7 heteroatoms. The zero-order valence-electron chi connectivity index (χ0n) is 14.5. The standard InChI is InChI=1S/C17H26N6O/c1-18-16(20-13-17(7-5-8-17)9-11-24-2)19-12-15-22-21-14-6-3-4-10-23(14)15/h3-4,6,10H,5,7-9,11-13H2,1-2H3,(H2,18,19,20). The number of methoxy groups -OCH3 is 1. The first-order valence-electron chi connectivity index (χ1n) is 8.48. The van der Waals surface area contributed by atoms with E-state index in [0.717, 1.165) is 37.0 Å². The summed E-state index contributed by atoms with van der Waals surface area (Å²) in [5.41, 5.74) is 1.21. The molecular weight excluding hydrogens is 304 g/mol. The van der Waals surface area contributed by atoms with Gasteiger partial charge in [0.15, 0.2) is 17.4 Å². The maximum absolute atomic E-state index is 5.25. The molecule has 1 aliphatic carbocycles. The van der Waals surface area contributed by atoms with Gasteiger partial charge in [-0.15, -0.1) is 10.2 Å². The van der Waals surface area contributed by atoms with Crippen LogP contribution in [0.2, 0.25) is 0 Å². The molecule has 2 heterocycles. The smallest absolute Gasteiger partial charge is 0.191 e. The molecule has 3 rings (SSSR count). The summed E-state index contributed by atoms with van der Waals surface area (Å²) >= 11 is 0. The third-order valence-electron chi connectivity index (χ3n) is 4.90. The van der Waals surface area contributed by atoms with Crippen molar-refractivity contribution in [1.82, 2.24) is 25.2 Å². The van der Waals surface area contributed by atoms with Crippen molar-refractivity contribution in [2.24, 2.45) is 10.4 Å². The van der Waals surface area contributed by atoms with Crippen molar-refractivity contribution in [1.29, 1.82) is 0 Å². The Kier molecular flexibility index (Phi) is 5.30. The van der Waals surface area contributed by atoms with Crippen molar-refractivity contribution in [3.63, 3.8) is 0 Å². The van der Waals surface area contributed by atoms with Crippen molar-refractivity contribution >= 4 is 11.6 Å². The van der Waals surface area contributed by atoms with E-state index in [4.69, 9.17) is 4.74 Å². The number of ether oxygens (including phenoxy) is 1. The summed E-state index contributed by atoms with van der Waals surface area (Å²) < 4.78 is 7.23. The minimum absolute atomic E-state index is 0.356. The van der Waals surface area contributed by atoms with Crippen LogP contribution in [0.4, 0.5) is 0 Å². The summed E-state index contributed by atoms with van der Waals surface area (Å²) in [6, 6.07) is 5.88. The van der Waals surface area contributed by atoms with Gasteiger partial charge in [0.25, 0.3) is 0 Å². The SMILES string of the molecule is CN=C(NCc1nnc2ccccn12)NCC1(CCOC)CCC1. The van der Waals surface area contributed by atoms with Gasteiger partial charge in [0.2, 0.25) is 0 Å². The van der Waals surface area contributed by atoms with Crippen LogP contribution in [-0.4, -0.2) is 47.9 Å². The lowest BCUT2D eigenvalue weighted by Crippen LogP contribution is -2.46. The van der Waals surface area contributed by atoms with Gasteiger partial charge in [0.1, 0.15) is 0 Å². The van der Waals surface area contributed by atoms with Crippen LogP contribution in [0.1, 0.15) is 31.5 Å². The summed E-state index contributed by atoms with van der Waals surface area (Å²) in [6.45, 7) is 2.33. The zero-order valence-corrected chi connectivity index (χ0v) is 14.5. The number of nitrogens with zero attached hydrogens (tertiary/aromatic N) is 4. The van der Waals surface area contributed by atoms with Gasteiger partial charge in [-0.25, -0.2) is 0 Å². The van der Waals surface area contributed by atoms with Gasteiger partial charge in [-0.1, -0.05) is 12.5 Å². The fourth-order valence-corrected chi connectivity index (χ4v) is 3.18. The lowest BCUT2D eigenvalue weighted by molar-refractivity contribution is 0.0732. The Morgan fingerprint density at radius 2 is 2.21 bits per heavy atom. The Bertz CT molecular complexity index is 691. The molecule has 7 nitrogen and oxygen atoms in total. The third kappa shape index (κ3) is 3.67. The summed E-state index contributed by atoms with van der Waals surface area (Å²) in [5, 5.41) is 15.2. The molecule has 0 atom stereocenters. The van der Waals surface area contributed by atoms with Crippen LogP contribution in [0, 0.1) is 5.41 Å². The minimum Gasteiger partial charge on any atom is -0.385 e. The Labute approximate surface area is 142 Å². The second-order valence-corrected chi connectivity index (χ2v) is 6.42. The molecule has 0 aliphatic heterocycles. The molecule has 2 aromatic rings. The number of fused-ring (bicyclic) bond motifs is 1. The van der Waals surface area contributed by atoms with E-state index in [-0.39, 0.29) is 0 Å². The average Bonchev–Trinajstić information content (AvgIpc) is 2.99. The topological polar surface area (TPSA) is 75.8 Å². The van der Waals surface area contributed by atoms with E-state index in [0.29, 0.717) is 12.0 Å². The third-order valence-corrected chi connectivity index (χ3v) is 4.90. The normalized spacial score (nSPS) is 16.8. The highest BCUT2D eigenvalue weighted by molar-refractivity contribution is 5.79. The van der Waals surface area contributed by atoms with Gasteiger partial charge in [-0.2, -0.15) is 0 Å². The van der Waals surface area contributed by atoms with E-state index in [9.17, 15) is 0 Å². The zero-order chi connectivity index (χ0) is 16.8. The second-order valence-electron chi connectivity index (χ2n) is 6.42. The molecule has 0 radical (unpaired) electrons. The van der Waals surface area contributed by atoms with E-state index in [1.807, 2.05) is 28.8 Å². The quantitative estimate of drug-likeness (QED) is 0.596. The average molecular weight is 330 g/mol. The Hall–Kier alpha value is -2.15. The van der Waals surface area contributed by atoms with E-state index >= 15 is 0 Å². The molecule has 0 unspecified atom stereocenters. The molecule has 2 aromatic heterocycles. The first kappa shape index (κ1) is 16.7. The van der Waals surface area contributed by atoms with Gasteiger partial charge in [-0.3, -0.25) is 9.39 Å². The Balaban J connectivity index is 1.53. The predicted octanol–water partition coefficient (Wildman–Crippen LogP) is 1.60. The first-order valence-corrected chi connectivity index (χ1v) is 8.48. The number of aromatic nitrogens is 3. The van der Waals surface area contributed by atoms with Gasteiger partial charge in [-0.05, 0) is 36.8 Å². The molecule has 0 bridgehead atoms. The molecule has 24 heavy (non-hydrogen) atoms. The summed E-state index contributed by atoms with van der Waals surface area (Å²) in [7, 11) is 3.56. The number of hydrogen-bond acceptors (Lipinski definition) is 4. The monoisotopic (exact) mass is 330 g/mol. The van der Waals surface area contributed by atoms with Crippen molar-refractivity contribution in [2.75, 3.05) is 27.3 Å². The lowest BCUT2D eigenvalue weighted by atomic mass is 9.67. The molecule has 0 spiro atoms. The number of aliphatic imine (C=N–C) groups is 1. The van der Waals surface area contributed by atoms with Crippen LogP contribution in [0.3, 0.4) is 0 Å². The fraction of sp³-hybridized carbons (Fsp3) is 0.588. The number of pyridine rings is 1. The number of guanidine groups is 1. The molecular formula is C17H26N6O. The lowest BCUT2D eigenvalue weighted by Gasteiger charge is -2.42. The predicted molar refractivity (Wildman–Crippen MR) is 94.0 cm³/mol. The summed E-state index contributed by atoms with van der Waals surface area (Å²) in [4.78, 5) is 4.32. The molecule has 130 valence electrons. The van der Waals surface area contributed by atoms with E-state index in [2.05, 4.69) is 25.8 Å². The summed E-state index contributed by atoms with van der Waals surface area (Å²) in [5.74, 6) is 1.66. The van der Waals surface area contributed by atoms with Crippen LogP contribution < -0.4 is 10.6 Å². The van der Waals surface area contributed by atoms with Gasteiger partial charge >= 0.3 is 0 Å². The molecule has 0 aromatic carbocycles. The van der Waals surface area contributed by atoms with E-state index in [1.165, 1.54) is 19.3 Å². The minimum atomic E-state index is 0.356. The van der Waals surface area contributed by atoms with E-state index in [1.54, 1.807) is 14.2 Å². The number of rotatable bonds is 7.